The maximum Gasteiger partial charge on any atom is 0.248 e. The largest absolute Gasteiger partial charge is 0.361 e. The Kier molecular flexibility index (Phi) is 7.33. The summed E-state index contributed by atoms with van der Waals surface area (Å²) in [6.45, 7) is 0. The predicted molar refractivity (Wildman–Crippen MR) is 138 cm³/mol. The molecule has 2 N–H and O–H groups in total. The van der Waals surface area contributed by atoms with Gasteiger partial charge in [-0.2, -0.15) is 0 Å². The Hall–Kier alpha value is -2.60. The van der Waals surface area contributed by atoms with Crippen LogP contribution in [0, 0.1) is 0 Å². The van der Waals surface area contributed by atoms with E-state index >= 15 is 0 Å². The molecule has 1 aromatic carbocycles. The topological polar surface area (TPSA) is 65.2 Å². The Morgan fingerprint density at radius 2 is 1.71 bits per heavy atom. The number of para-hydroxylation sites is 1. The number of hydrogen-bond acceptors (Lipinski definition) is 3. The average Bonchev–Trinajstić information content (AvgIpc) is 3.54. The third-order valence-electron chi connectivity index (χ3n) is 7.56. The highest BCUT2D eigenvalue weighted by molar-refractivity contribution is 7.10. The van der Waals surface area contributed by atoms with E-state index in [-0.39, 0.29) is 23.9 Å². The predicted octanol–water partition coefficient (Wildman–Crippen LogP) is 6.12. The zero-order valence-corrected chi connectivity index (χ0v) is 20.6. The molecule has 2 aliphatic rings. The van der Waals surface area contributed by atoms with Gasteiger partial charge in [0.1, 0.15) is 6.04 Å². The molecule has 0 aliphatic heterocycles. The first kappa shape index (κ1) is 23.2. The first-order valence-electron chi connectivity index (χ1n) is 12.9. The standard InChI is InChI=1S/C28H35N3O2S/c32-26(18-20-19-29-24-15-8-7-14-23(20)24)31(22-12-5-2-6-13-22)27(25-16-9-17-34-25)28(33)30-21-10-3-1-4-11-21/h7-9,14-17,19,21-22,27,29H,1-6,10-13,18H2,(H,30,33). The lowest BCUT2D eigenvalue weighted by molar-refractivity contribution is -0.144. The van der Waals surface area contributed by atoms with Crippen LogP contribution in [0.5, 0.6) is 0 Å². The van der Waals surface area contributed by atoms with Gasteiger partial charge in [-0.25, -0.2) is 0 Å². The van der Waals surface area contributed by atoms with E-state index < -0.39 is 6.04 Å². The van der Waals surface area contributed by atoms with Crippen LogP contribution in [-0.4, -0.2) is 33.8 Å². The SMILES string of the molecule is O=C(NC1CCCCC1)C(c1cccs1)N(C(=O)Cc1c[nH]c2ccccc12)C1CCCCC1. The zero-order chi connectivity index (χ0) is 23.3. The molecule has 0 bridgehead atoms. The molecule has 6 heteroatoms. The number of fused-ring (bicyclic) bond motifs is 1. The van der Waals surface area contributed by atoms with Crippen molar-refractivity contribution in [2.45, 2.75) is 88.8 Å². The van der Waals surface area contributed by atoms with Crippen LogP contribution in [-0.2, 0) is 16.0 Å². The maximum atomic E-state index is 14.0. The van der Waals surface area contributed by atoms with Gasteiger partial charge in [0.15, 0.2) is 0 Å². The number of aromatic amines is 1. The molecule has 2 saturated carbocycles. The fraction of sp³-hybridized carbons (Fsp3) is 0.500. The van der Waals surface area contributed by atoms with E-state index in [1.165, 1.54) is 25.7 Å². The lowest BCUT2D eigenvalue weighted by atomic mass is 9.91. The van der Waals surface area contributed by atoms with Gasteiger partial charge in [0.2, 0.25) is 11.8 Å². The summed E-state index contributed by atoms with van der Waals surface area (Å²) in [5.41, 5.74) is 2.04. The van der Waals surface area contributed by atoms with Crippen molar-refractivity contribution in [1.29, 1.82) is 0 Å². The molecule has 2 amide bonds. The molecule has 3 aromatic rings. The molecular formula is C28H35N3O2S. The molecule has 2 aliphatic carbocycles. The Bertz CT molecular complexity index is 1090. The normalized spacial score (nSPS) is 18.6. The molecular weight excluding hydrogens is 442 g/mol. The number of carbonyl (C=O) groups excluding carboxylic acids is 2. The third-order valence-corrected chi connectivity index (χ3v) is 8.49. The van der Waals surface area contributed by atoms with E-state index in [1.54, 1.807) is 11.3 Å². The van der Waals surface area contributed by atoms with Crippen LogP contribution < -0.4 is 5.32 Å². The van der Waals surface area contributed by atoms with E-state index in [2.05, 4.69) is 16.4 Å². The fourth-order valence-corrected chi connectivity index (χ4v) is 6.64. The molecule has 5 rings (SSSR count). The summed E-state index contributed by atoms with van der Waals surface area (Å²) in [5.74, 6) is 0.0426. The number of carbonyl (C=O) groups is 2. The second-order valence-electron chi connectivity index (χ2n) is 9.89. The van der Waals surface area contributed by atoms with E-state index in [0.29, 0.717) is 6.42 Å². The quantitative estimate of drug-likeness (QED) is 0.430. The van der Waals surface area contributed by atoms with Gasteiger partial charge in [0.05, 0.1) is 6.42 Å². The number of hydrogen-bond donors (Lipinski definition) is 2. The van der Waals surface area contributed by atoms with Crippen molar-refractivity contribution in [3.05, 3.63) is 58.4 Å². The first-order valence-corrected chi connectivity index (χ1v) is 13.8. The summed E-state index contributed by atoms with van der Waals surface area (Å²) in [7, 11) is 0. The van der Waals surface area contributed by atoms with Gasteiger partial charge >= 0.3 is 0 Å². The first-order chi connectivity index (χ1) is 16.7. The van der Waals surface area contributed by atoms with Crippen molar-refractivity contribution in [3.8, 4) is 0 Å². The van der Waals surface area contributed by atoms with Gasteiger partial charge in [-0.05, 0) is 48.8 Å². The fourth-order valence-electron chi connectivity index (χ4n) is 5.82. The number of H-pyrrole nitrogens is 1. The molecule has 34 heavy (non-hydrogen) atoms. The summed E-state index contributed by atoms with van der Waals surface area (Å²) in [4.78, 5) is 34.1. The minimum absolute atomic E-state index is 0.00722. The summed E-state index contributed by atoms with van der Waals surface area (Å²) < 4.78 is 0. The summed E-state index contributed by atoms with van der Waals surface area (Å²) >= 11 is 1.58. The monoisotopic (exact) mass is 477 g/mol. The van der Waals surface area contributed by atoms with E-state index in [1.807, 2.05) is 46.8 Å². The van der Waals surface area contributed by atoms with Crippen molar-refractivity contribution in [1.82, 2.24) is 15.2 Å². The van der Waals surface area contributed by atoms with Gasteiger partial charge in [-0.15, -0.1) is 11.3 Å². The minimum Gasteiger partial charge on any atom is -0.361 e. The van der Waals surface area contributed by atoms with Crippen molar-refractivity contribution in [2.75, 3.05) is 0 Å². The van der Waals surface area contributed by atoms with Gasteiger partial charge in [-0.1, -0.05) is 62.8 Å². The molecule has 2 heterocycles. The van der Waals surface area contributed by atoms with Gasteiger partial charge in [-0.3, -0.25) is 9.59 Å². The molecule has 0 radical (unpaired) electrons. The van der Waals surface area contributed by atoms with Gasteiger partial charge < -0.3 is 15.2 Å². The summed E-state index contributed by atoms with van der Waals surface area (Å²) in [6, 6.07) is 11.9. The highest BCUT2D eigenvalue weighted by atomic mass is 32.1. The van der Waals surface area contributed by atoms with Gasteiger partial charge in [0, 0.05) is 34.1 Å². The molecule has 1 atom stereocenters. The molecule has 2 aromatic heterocycles. The molecule has 5 nitrogen and oxygen atoms in total. The molecule has 180 valence electrons. The van der Waals surface area contributed by atoms with Crippen molar-refractivity contribution in [2.24, 2.45) is 0 Å². The van der Waals surface area contributed by atoms with Crippen LogP contribution in [0.1, 0.15) is 80.7 Å². The molecule has 0 spiro atoms. The number of amides is 2. The highest BCUT2D eigenvalue weighted by Crippen LogP contribution is 2.34. The highest BCUT2D eigenvalue weighted by Gasteiger charge is 2.38. The molecule has 2 fully saturated rings. The molecule has 1 unspecified atom stereocenters. The number of nitrogens with one attached hydrogen (secondary N) is 2. The van der Waals surface area contributed by atoms with Crippen LogP contribution in [0.15, 0.2) is 48.0 Å². The van der Waals surface area contributed by atoms with Crippen LogP contribution in [0.25, 0.3) is 10.9 Å². The van der Waals surface area contributed by atoms with Crippen molar-refractivity contribution >= 4 is 34.1 Å². The lowest BCUT2D eigenvalue weighted by Crippen LogP contribution is -2.51. The maximum absolute atomic E-state index is 14.0. The van der Waals surface area contributed by atoms with Gasteiger partial charge in [0.25, 0.3) is 0 Å². The minimum atomic E-state index is -0.553. The molecule has 0 saturated heterocycles. The number of thiophene rings is 1. The number of nitrogens with zero attached hydrogens (tertiary/aromatic N) is 1. The third kappa shape index (κ3) is 5.07. The summed E-state index contributed by atoms with van der Waals surface area (Å²) in [5, 5.41) is 6.43. The number of aromatic nitrogens is 1. The summed E-state index contributed by atoms with van der Waals surface area (Å²) in [6.07, 6.45) is 13.3. The zero-order valence-electron chi connectivity index (χ0n) is 19.8. The van der Waals surface area contributed by atoms with Crippen LogP contribution >= 0.6 is 11.3 Å². The van der Waals surface area contributed by atoms with Crippen LogP contribution in [0.3, 0.4) is 0 Å². The van der Waals surface area contributed by atoms with E-state index in [4.69, 9.17) is 0 Å². The Labute approximate surface area is 205 Å². The van der Waals surface area contributed by atoms with Crippen LogP contribution in [0.2, 0.25) is 0 Å². The van der Waals surface area contributed by atoms with E-state index in [9.17, 15) is 9.59 Å². The lowest BCUT2D eigenvalue weighted by Gasteiger charge is -2.40. The Morgan fingerprint density at radius 3 is 2.44 bits per heavy atom. The van der Waals surface area contributed by atoms with Crippen LogP contribution in [0.4, 0.5) is 0 Å². The average molecular weight is 478 g/mol. The Balaban J connectivity index is 1.46. The number of benzene rings is 1. The second kappa shape index (κ2) is 10.8. The van der Waals surface area contributed by atoms with Crippen molar-refractivity contribution < 1.29 is 9.59 Å². The second-order valence-corrected chi connectivity index (χ2v) is 10.9. The Morgan fingerprint density at radius 1 is 0.971 bits per heavy atom. The smallest absolute Gasteiger partial charge is 0.248 e. The van der Waals surface area contributed by atoms with E-state index in [0.717, 1.165) is 59.9 Å². The van der Waals surface area contributed by atoms with Crippen molar-refractivity contribution in [3.63, 3.8) is 0 Å². The number of rotatable bonds is 7.